The van der Waals surface area contributed by atoms with Gasteiger partial charge < -0.3 is 14.8 Å². The van der Waals surface area contributed by atoms with Crippen LogP contribution in [0.5, 0.6) is 0 Å². The maximum atomic E-state index is 12.9. The van der Waals surface area contributed by atoms with Crippen LogP contribution in [0.15, 0.2) is 34.9 Å². The van der Waals surface area contributed by atoms with Crippen molar-refractivity contribution in [2.45, 2.75) is 6.54 Å². The summed E-state index contributed by atoms with van der Waals surface area (Å²) in [5.74, 6) is -2.12. The Kier molecular flexibility index (Phi) is 3.27. The van der Waals surface area contributed by atoms with Gasteiger partial charge in [0.1, 0.15) is 23.7 Å². The van der Waals surface area contributed by atoms with E-state index in [9.17, 15) is 13.6 Å². The number of aromatic carboxylic acids is 1. The fourth-order valence-electron chi connectivity index (χ4n) is 1.43. The molecule has 0 spiro atoms. The molecule has 18 heavy (non-hydrogen) atoms. The number of benzene rings is 1. The predicted octanol–water partition coefficient (Wildman–Crippen LogP) is 2.87. The third kappa shape index (κ3) is 2.85. The molecule has 2 rings (SSSR count). The first-order valence-corrected chi connectivity index (χ1v) is 5.05. The molecule has 94 valence electrons. The van der Waals surface area contributed by atoms with Gasteiger partial charge >= 0.3 is 5.97 Å². The molecule has 2 N–H and O–H groups in total. The minimum atomic E-state index is -1.10. The van der Waals surface area contributed by atoms with Gasteiger partial charge in [-0.1, -0.05) is 0 Å². The largest absolute Gasteiger partial charge is 0.478 e. The van der Waals surface area contributed by atoms with E-state index in [2.05, 4.69) is 5.32 Å². The topological polar surface area (TPSA) is 62.5 Å². The molecule has 1 aromatic heterocycles. The van der Waals surface area contributed by atoms with Crippen molar-refractivity contribution in [3.63, 3.8) is 0 Å². The van der Waals surface area contributed by atoms with Crippen LogP contribution in [0.4, 0.5) is 14.5 Å². The number of rotatable bonds is 4. The predicted molar refractivity (Wildman–Crippen MR) is 59.4 cm³/mol. The van der Waals surface area contributed by atoms with Crippen molar-refractivity contribution in [2.75, 3.05) is 5.32 Å². The highest BCUT2D eigenvalue weighted by Crippen LogP contribution is 2.15. The maximum Gasteiger partial charge on any atom is 0.338 e. The van der Waals surface area contributed by atoms with Gasteiger partial charge in [-0.05, 0) is 18.2 Å². The van der Waals surface area contributed by atoms with Crippen molar-refractivity contribution in [3.05, 3.63) is 53.5 Å². The molecule has 0 radical (unpaired) electrons. The van der Waals surface area contributed by atoms with Crippen LogP contribution < -0.4 is 5.32 Å². The Labute approximate surface area is 101 Å². The van der Waals surface area contributed by atoms with Crippen LogP contribution in [-0.4, -0.2) is 11.1 Å². The lowest BCUT2D eigenvalue weighted by molar-refractivity contribution is 0.0696. The first kappa shape index (κ1) is 12.1. The van der Waals surface area contributed by atoms with Crippen LogP contribution in [0.1, 0.15) is 16.1 Å². The van der Waals surface area contributed by atoms with Gasteiger partial charge in [0.15, 0.2) is 0 Å². The number of furan rings is 1. The highest BCUT2D eigenvalue weighted by molar-refractivity contribution is 5.87. The van der Waals surface area contributed by atoms with Crippen molar-refractivity contribution >= 4 is 11.7 Å². The van der Waals surface area contributed by atoms with Crippen LogP contribution >= 0.6 is 0 Å². The monoisotopic (exact) mass is 253 g/mol. The summed E-state index contributed by atoms with van der Waals surface area (Å²) < 4.78 is 30.7. The van der Waals surface area contributed by atoms with E-state index in [1.807, 2.05) is 0 Å². The van der Waals surface area contributed by atoms with Gasteiger partial charge in [0.2, 0.25) is 0 Å². The zero-order valence-electron chi connectivity index (χ0n) is 9.11. The van der Waals surface area contributed by atoms with Crippen molar-refractivity contribution in [1.82, 2.24) is 0 Å². The molecular weight excluding hydrogens is 244 g/mol. The van der Waals surface area contributed by atoms with Gasteiger partial charge in [0.25, 0.3) is 0 Å². The molecule has 0 unspecified atom stereocenters. The van der Waals surface area contributed by atoms with Crippen molar-refractivity contribution in [2.24, 2.45) is 0 Å². The molecule has 0 fully saturated rings. The summed E-state index contributed by atoms with van der Waals surface area (Å²) in [6.45, 7) is 0.135. The number of hydrogen-bond donors (Lipinski definition) is 2. The molecule has 0 amide bonds. The standard InChI is InChI=1S/C12H9F2NO3/c13-8-2-9(14)4-10(3-8)15-5-11-1-7(6-18-11)12(16)17/h1-4,6,15H,5H2,(H,16,17). The molecule has 4 nitrogen and oxygen atoms in total. The van der Waals surface area contributed by atoms with Gasteiger partial charge in [-0.15, -0.1) is 0 Å². The average molecular weight is 253 g/mol. The summed E-state index contributed by atoms with van der Waals surface area (Å²) >= 11 is 0. The zero-order chi connectivity index (χ0) is 13.1. The number of anilines is 1. The van der Waals surface area contributed by atoms with Gasteiger partial charge in [-0.3, -0.25) is 0 Å². The first-order valence-electron chi connectivity index (χ1n) is 5.05. The van der Waals surface area contributed by atoms with E-state index in [1.54, 1.807) is 0 Å². The smallest absolute Gasteiger partial charge is 0.338 e. The van der Waals surface area contributed by atoms with Gasteiger partial charge in [0, 0.05) is 11.8 Å². The SMILES string of the molecule is O=C(O)c1coc(CNc2cc(F)cc(F)c2)c1. The number of hydrogen-bond acceptors (Lipinski definition) is 3. The van der Waals surface area contributed by atoms with E-state index in [1.165, 1.54) is 6.07 Å². The third-order valence-electron chi connectivity index (χ3n) is 2.23. The fourth-order valence-corrected chi connectivity index (χ4v) is 1.43. The molecular formula is C12H9F2NO3. The second kappa shape index (κ2) is 4.87. The third-order valence-corrected chi connectivity index (χ3v) is 2.23. The quantitative estimate of drug-likeness (QED) is 0.879. The highest BCUT2D eigenvalue weighted by atomic mass is 19.1. The van der Waals surface area contributed by atoms with Crippen LogP contribution in [-0.2, 0) is 6.54 Å². The Bertz CT molecular complexity index is 560. The Balaban J connectivity index is 2.04. The molecule has 0 aliphatic rings. The normalized spacial score (nSPS) is 10.3. The molecule has 1 heterocycles. The fraction of sp³-hybridized carbons (Fsp3) is 0.0833. The van der Waals surface area contributed by atoms with Gasteiger partial charge in [-0.25, -0.2) is 13.6 Å². The van der Waals surface area contributed by atoms with Crippen LogP contribution in [0.3, 0.4) is 0 Å². The van der Waals surface area contributed by atoms with Crippen LogP contribution in [0.25, 0.3) is 0 Å². The number of halogens is 2. The van der Waals surface area contributed by atoms with Gasteiger partial charge in [0.05, 0.1) is 12.1 Å². The molecule has 0 saturated heterocycles. The van der Waals surface area contributed by atoms with E-state index in [-0.39, 0.29) is 17.8 Å². The molecule has 0 saturated carbocycles. The lowest BCUT2D eigenvalue weighted by atomic mass is 10.3. The second-order valence-corrected chi connectivity index (χ2v) is 3.62. The molecule has 0 aliphatic heterocycles. The van der Waals surface area contributed by atoms with E-state index in [0.29, 0.717) is 5.76 Å². The van der Waals surface area contributed by atoms with Crippen molar-refractivity contribution in [1.29, 1.82) is 0 Å². The zero-order valence-corrected chi connectivity index (χ0v) is 9.11. The van der Waals surface area contributed by atoms with Crippen molar-refractivity contribution < 1.29 is 23.1 Å². The number of carboxylic acids is 1. The summed E-state index contributed by atoms with van der Waals surface area (Å²) in [6.07, 6.45) is 1.10. The molecule has 0 atom stereocenters. The number of carboxylic acid groups (broad SMARTS) is 1. The summed E-state index contributed by atoms with van der Waals surface area (Å²) in [5.41, 5.74) is 0.276. The molecule has 1 aromatic carbocycles. The lowest BCUT2D eigenvalue weighted by Crippen LogP contribution is -1.99. The Morgan fingerprint density at radius 1 is 1.22 bits per heavy atom. The summed E-state index contributed by atoms with van der Waals surface area (Å²) in [6, 6.07) is 4.36. The maximum absolute atomic E-state index is 12.9. The van der Waals surface area contributed by atoms with E-state index < -0.39 is 17.6 Å². The minimum Gasteiger partial charge on any atom is -0.478 e. The highest BCUT2D eigenvalue weighted by Gasteiger charge is 2.08. The van der Waals surface area contributed by atoms with Crippen molar-refractivity contribution in [3.8, 4) is 0 Å². The average Bonchev–Trinajstić information content (AvgIpc) is 2.73. The van der Waals surface area contributed by atoms with E-state index in [4.69, 9.17) is 9.52 Å². The van der Waals surface area contributed by atoms with E-state index >= 15 is 0 Å². The Hall–Kier alpha value is -2.37. The first-order chi connectivity index (χ1) is 8.54. The molecule has 6 heteroatoms. The lowest BCUT2D eigenvalue weighted by Gasteiger charge is -2.04. The van der Waals surface area contributed by atoms with Crippen LogP contribution in [0, 0.1) is 11.6 Å². The van der Waals surface area contributed by atoms with Gasteiger partial charge in [-0.2, -0.15) is 0 Å². The number of carbonyl (C=O) groups is 1. The molecule has 0 bridgehead atoms. The summed E-state index contributed by atoms with van der Waals surface area (Å²) in [7, 11) is 0. The number of nitrogens with one attached hydrogen (secondary N) is 1. The summed E-state index contributed by atoms with van der Waals surface area (Å²) in [4.78, 5) is 10.6. The minimum absolute atomic E-state index is 0.0252. The summed E-state index contributed by atoms with van der Waals surface area (Å²) in [5, 5.41) is 11.4. The second-order valence-electron chi connectivity index (χ2n) is 3.62. The Morgan fingerprint density at radius 2 is 1.89 bits per heavy atom. The molecule has 0 aliphatic carbocycles. The van der Waals surface area contributed by atoms with Crippen LogP contribution in [0.2, 0.25) is 0 Å². The molecule has 2 aromatic rings. The van der Waals surface area contributed by atoms with E-state index in [0.717, 1.165) is 24.5 Å². The Morgan fingerprint density at radius 3 is 2.44 bits per heavy atom.